The molecular formula is C21H25ClN2O3. The smallest absolute Gasteiger partial charge is 0.261 e. The predicted molar refractivity (Wildman–Crippen MR) is 107 cm³/mol. The Morgan fingerprint density at radius 3 is 2.41 bits per heavy atom. The number of amides is 2. The summed E-state index contributed by atoms with van der Waals surface area (Å²) in [4.78, 5) is 26.4. The van der Waals surface area contributed by atoms with Crippen LogP contribution in [-0.4, -0.2) is 36.4 Å². The second-order valence-electron chi connectivity index (χ2n) is 6.19. The van der Waals surface area contributed by atoms with Crippen LogP contribution >= 0.6 is 11.6 Å². The molecule has 0 aliphatic carbocycles. The summed E-state index contributed by atoms with van der Waals surface area (Å²) in [6.45, 7) is 3.83. The zero-order chi connectivity index (χ0) is 19.8. The monoisotopic (exact) mass is 388 g/mol. The highest BCUT2D eigenvalue weighted by Gasteiger charge is 2.26. The summed E-state index contributed by atoms with van der Waals surface area (Å²) >= 11 is 6.22. The molecule has 0 fully saturated rings. The van der Waals surface area contributed by atoms with Crippen LogP contribution in [0.3, 0.4) is 0 Å². The van der Waals surface area contributed by atoms with Crippen LogP contribution in [0.15, 0.2) is 48.5 Å². The molecule has 0 radical (unpaired) electrons. The number of halogens is 1. The van der Waals surface area contributed by atoms with Crippen LogP contribution in [0.5, 0.6) is 5.75 Å². The van der Waals surface area contributed by atoms with E-state index in [0.29, 0.717) is 10.8 Å². The Kier molecular flexibility index (Phi) is 7.67. The second kappa shape index (κ2) is 9.97. The van der Waals surface area contributed by atoms with E-state index in [2.05, 4.69) is 12.2 Å². The topological polar surface area (TPSA) is 58.6 Å². The molecule has 1 N–H and O–H groups in total. The van der Waals surface area contributed by atoms with Crippen molar-refractivity contribution in [3.05, 3.63) is 64.7 Å². The molecule has 0 aromatic heterocycles. The summed E-state index contributed by atoms with van der Waals surface area (Å²) in [6, 6.07) is 14.2. The quantitative estimate of drug-likeness (QED) is 0.753. The number of nitrogens with one attached hydrogen (secondary N) is 1. The van der Waals surface area contributed by atoms with E-state index >= 15 is 0 Å². The normalized spacial score (nSPS) is 11.6. The lowest BCUT2D eigenvalue weighted by atomic mass is 10.1. The molecule has 0 saturated heterocycles. The van der Waals surface area contributed by atoms with Crippen molar-refractivity contribution >= 4 is 23.4 Å². The highest BCUT2D eigenvalue weighted by atomic mass is 35.5. The molecule has 0 heterocycles. The highest BCUT2D eigenvalue weighted by Crippen LogP contribution is 2.19. The van der Waals surface area contributed by atoms with Crippen molar-refractivity contribution in [3.63, 3.8) is 0 Å². The van der Waals surface area contributed by atoms with E-state index in [-0.39, 0.29) is 25.0 Å². The average Bonchev–Trinajstić information content (AvgIpc) is 2.70. The summed E-state index contributed by atoms with van der Waals surface area (Å²) < 4.78 is 5.62. The van der Waals surface area contributed by atoms with Crippen molar-refractivity contribution in [2.45, 2.75) is 32.9 Å². The molecule has 0 bridgehead atoms. The molecule has 2 rings (SSSR count). The van der Waals surface area contributed by atoms with Crippen molar-refractivity contribution < 1.29 is 14.3 Å². The third-order valence-corrected chi connectivity index (χ3v) is 4.77. The summed E-state index contributed by atoms with van der Waals surface area (Å²) in [6.07, 6.45) is 0.939. The highest BCUT2D eigenvalue weighted by molar-refractivity contribution is 6.31. The molecule has 0 aliphatic heterocycles. The lowest BCUT2D eigenvalue weighted by Crippen LogP contribution is -2.48. The molecule has 2 aromatic carbocycles. The van der Waals surface area contributed by atoms with Gasteiger partial charge in [-0.2, -0.15) is 0 Å². The van der Waals surface area contributed by atoms with Gasteiger partial charge in [0.1, 0.15) is 11.8 Å². The van der Waals surface area contributed by atoms with Gasteiger partial charge in [-0.25, -0.2) is 0 Å². The number of nitrogens with zero attached hydrogens (tertiary/aromatic N) is 1. The second-order valence-corrected chi connectivity index (χ2v) is 6.60. The molecule has 0 saturated carbocycles. The van der Waals surface area contributed by atoms with Crippen molar-refractivity contribution in [2.75, 3.05) is 13.7 Å². The number of aryl methyl sites for hydroxylation is 1. The minimum atomic E-state index is -0.648. The van der Waals surface area contributed by atoms with Gasteiger partial charge in [-0.3, -0.25) is 9.59 Å². The largest absolute Gasteiger partial charge is 0.484 e. The fourth-order valence-corrected chi connectivity index (χ4v) is 2.85. The van der Waals surface area contributed by atoms with Crippen LogP contribution in [0.4, 0.5) is 0 Å². The molecule has 6 heteroatoms. The predicted octanol–water partition coefficient (Wildman–Crippen LogP) is 3.44. The van der Waals surface area contributed by atoms with Gasteiger partial charge in [0, 0.05) is 18.6 Å². The molecule has 2 amide bonds. The first-order chi connectivity index (χ1) is 13.0. The number of hydrogen-bond donors (Lipinski definition) is 1. The molecule has 5 nitrogen and oxygen atoms in total. The molecule has 0 aliphatic rings. The van der Waals surface area contributed by atoms with Gasteiger partial charge in [0.15, 0.2) is 6.61 Å². The van der Waals surface area contributed by atoms with Crippen LogP contribution in [0.1, 0.15) is 25.0 Å². The van der Waals surface area contributed by atoms with Gasteiger partial charge in [0.2, 0.25) is 5.91 Å². The summed E-state index contributed by atoms with van der Waals surface area (Å²) in [5.41, 5.74) is 1.97. The van der Waals surface area contributed by atoms with Gasteiger partial charge in [-0.15, -0.1) is 0 Å². The maximum absolute atomic E-state index is 12.8. The number of benzene rings is 2. The van der Waals surface area contributed by atoms with E-state index in [0.717, 1.165) is 12.0 Å². The molecular weight excluding hydrogens is 364 g/mol. The lowest BCUT2D eigenvalue weighted by molar-refractivity contribution is -0.142. The van der Waals surface area contributed by atoms with E-state index < -0.39 is 6.04 Å². The Bertz CT molecular complexity index is 777. The third kappa shape index (κ3) is 5.73. The number of carbonyl (C=O) groups excluding carboxylic acids is 2. The van der Waals surface area contributed by atoms with Crippen LogP contribution in [0, 0.1) is 0 Å². The fourth-order valence-electron chi connectivity index (χ4n) is 2.65. The Morgan fingerprint density at radius 1 is 1.15 bits per heavy atom. The van der Waals surface area contributed by atoms with E-state index in [1.54, 1.807) is 20.0 Å². The number of carbonyl (C=O) groups is 2. The third-order valence-electron chi connectivity index (χ3n) is 4.41. The Labute approximate surface area is 165 Å². The standard InChI is InChI=1S/C21H25ClN2O3/c1-4-16-9-11-18(12-10-16)27-14-20(25)24(15(2)21(26)23-3)13-17-7-5-6-8-19(17)22/h5-12,15H,4,13-14H2,1-3H3,(H,23,26). The number of hydrogen-bond acceptors (Lipinski definition) is 3. The van der Waals surface area contributed by atoms with E-state index in [1.165, 1.54) is 10.5 Å². The molecule has 1 unspecified atom stereocenters. The van der Waals surface area contributed by atoms with E-state index in [9.17, 15) is 9.59 Å². The maximum Gasteiger partial charge on any atom is 0.261 e. The van der Waals surface area contributed by atoms with Crippen molar-refractivity contribution in [3.8, 4) is 5.75 Å². The minimum Gasteiger partial charge on any atom is -0.484 e. The van der Waals surface area contributed by atoms with Crippen LogP contribution in [0.25, 0.3) is 0 Å². The summed E-state index contributed by atoms with van der Waals surface area (Å²) in [7, 11) is 1.54. The van der Waals surface area contributed by atoms with Crippen LogP contribution < -0.4 is 10.1 Å². The number of likely N-dealkylation sites (N-methyl/N-ethyl adjacent to an activating group) is 1. The Balaban J connectivity index is 2.12. The SMILES string of the molecule is CCc1ccc(OCC(=O)N(Cc2ccccc2Cl)C(C)C(=O)NC)cc1. The van der Waals surface area contributed by atoms with Crippen LogP contribution in [-0.2, 0) is 22.6 Å². The Hall–Kier alpha value is -2.53. The maximum atomic E-state index is 12.8. The molecule has 1 atom stereocenters. The lowest BCUT2D eigenvalue weighted by Gasteiger charge is -2.28. The fraction of sp³-hybridized carbons (Fsp3) is 0.333. The molecule has 0 spiro atoms. The zero-order valence-corrected chi connectivity index (χ0v) is 16.6. The Morgan fingerprint density at radius 2 is 1.81 bits per heavy atom. The number of ether oxygens (including phenoxy) is 1. The zero-order valence-electron chi connectivity index (χ0n) is 15.9. The summed E-state index contributed by atoms with van der Waals surface area (Å²) in [5, 5.41) is 3.13. The van der Waals surface area contributed by atoms with Crippen LogP contribution in [0.2, 0.25) is 5.02 Å². The molecule has 144 valence electrons. The van der Waals surface area contributed by atoms with Gasteiger partial charge in [0.05, 0.1) is 0 Å². The first-order valence-corrected chi connectivity index (χ1v) is 9.30. The van der Waals surface area contributed by atoms with Gasteiger partial charge >= 0.3 is 0 Å². The number of rotatable bonds is 8. The van der Waals surface area contributed by atoms with Crippen molar-refractivity contribution in [1.82, 2.24) is 10.2 Å². The molecule has 2 aromatic rings. The van der Waals surface area contributed by atoms with E-state index in [4.69, 9.17) is 16.3 Å². The van der Waals surface area contributed by atoms with Crippen molar-refractivity contribution in [1.29, 1.82) is 0 Å². The van der Waals surface area contributed by atoms with Gasteiger partial charge in [-0.05, 0) is 42.7 Å². The van der Waals surface area contributed by atoms with E-state index in [1.807, 2.05) is 42.5 Å². The summed E-state index contributed by atoms with van der Waals surface area (Å²) in [5.74, 6) is 0.0825. The van der Waals surface area contributed by atoms with Gasteiger partial charge in [-0.1, -0.05) is 48.9 Å². The first kappa shape index (κ1) is 20.8. The van der Waals surface area contributed by atoms with Crippen molar-refractivity contribution in [2.24, 2.45) is 0 Å². The van der Waals surface area contributed by atoms with Gasteiger partial charge < -0.3 is 15.0 Å². The first-order valence-electron chi connectivity index (χ1n) is 8.92. The van der Waals surface area contributed by atoms with Gasteiger partial charge in [0.25, 0.3) is 5.91 Å². The molecule has 27 heavy (non-hydrogen) atoms. The minimum absolute atomic E-state index is 0.155. The average molecular weight is 389 g/mol.